The monoisotopic (exact) mass is 273 g/mol. The van der Waals surface area contributed by atoms with Gasteiger partial charge in [-0.25, -0.2) is 0 Å². The van der Waals surface area contributed by atoms with E-state index in [4.69, 9.17) is 27.9 Å². The average Bonchev–Trinajstić information content (AvgIpc) is 2.49. The van der Waals surface area contributed by atoms with Gasteiger partial charge in [0.05, 0.1) is 19.6 Å². The van der Waals surface area contributed by atoms with Crippen LogP contribution in [0.15, 0.2) is 18.2 Å². The molecule has 3 nitrogen and oxygen atoms in total. The molecule has 0 atom stereocenters. The zero-order valence-corrected chi connectivity index (χ0v) is 10.8. The number of amides is 1. The van der Waals surface area contributed by atoms with Gasteiger partial charge >= 0.3 is 0 Å². The molecule has 5 heteroatoms. The highest BCUT2D eigenvalue weighted by atomic mass is 35.5. The fourth-order valence-electron chi connectivity index (χ4n) is 1.76. The molecule has 1 heterocycles. The lowest BCUT2D eigenvalue weighted by atomic mass is 10.2. The van der Waals surface area contributed by atoms with Crippen molar-refractivity contribution in [2.45, 2.75) is 13.0 Å². The summed E-state index contributed by atoms with van der Waals surface area (Å²) in [5, 5.41) is 1.19. The fourth-order valence-corrected chi connectivity index (χ4v) is 2.28. The molecule has 92 valence electrons. The standard InChI is InChI=1S/C12H13Cl2NO2/c13-10-2-1-3-11(14)9(10)8-15-5-7-17-6-4-12(15)16/h1-3H,4-8H2. The van der Waals surface area contributed by atoms with Crippen molar-refractivity contribution in [2.75, 3.05) is 19.8 Å². The van der Waals surface area contributed by atoms with Crippen LogP contribution in [0.5, 0.6) is 0 Å². The van der Waals surface area contributed by atoms with E-state index in [2.05, 4.69) is 0 Å². The summed E-state index contributed by atoms with van der Waals surface area (Å²) in [5.74, 6) is 0.0819. The Bertz CT molecular complexity index is 403. The van der Waals surface area contributed by atoms with Gasteiger partial charge in [0.1, 0.15) is 0 Å². The topological polar surface area (TPSA) is 29.5 Å². The summed E-state index contributed by atoms with van der Waals surface area (Å²) in [6.07, 6.45) is 0.419. The van der Waals surface area contributed by atoms with Crippen LogP contribution in [-0.4, -0.2) is 30.6 Å². The second-order valence-corrected chi connectivity index (χ2v) is 4.69. The molecule has 1 aliphatic rings. The summed E-state index contributed by atoms with van der Waals surface area (Å²) in [4.78, 5) is 13.5. The third-order valence-electron chi connectivity index (χ3n) is 2.73. The van der Waals surface area contributed by atoms with Gasteiger partial charge in [0.25, 0.3) is 0 Å². The molecule has 0 spiro atoms. The normalized spacial score (nSPS) is 17.1. The summed E-state index contributed by atoms with van der Waals surface area (Å²) in [6, 6.07) is 5.35. The van der Waals surface area contributed by atoms with E-state index in [1.54, 1.807) is 23.1 Å². The van der Waals surface area contributed by atoms with Gasteiger partial charge in [-0.15, -0.1) is 0 Å². The van der Waals surface area contributed by atoms with Crippen LogP contribution in [0.2, 0.25) is 10.0 Å². The van der Waals surface area contributed by atoms with Crippen LogP contribution in [0, 0.1) is 0 Å². The molecular formula is C12H13Cl2NO2. The van der Waals surface area contributed by atoms with Gasteiger partial charge in [-0.05, 0) is 12.1 Å². The Balaban J connectivity index is 2.16. The van der Waals surface area contributed by atoms with E-state index in [0.717, 1.165) is 5.56 Å². The third kappa shape index (κ3) is 3.12. The average molecular weight is 274 g/mol. The van der Waals surface area contributed by atoms with Crippen molar-refractivity contribution < 1.29 is 9.53 Å². The zero-order valence-electron chi connectivity index (χ0n) is 9.29. The molecule has 17 heavy (non-hydrogen) atoms. The number of hydrogen-bond acceptors (Lipinski definition) is 2. The maximum Gasteiger partial charge on any atom is 0.225 e. The molecule has 0 unspecified atom stereocenters. The molecule has 1 aromatic rings. The minimum Gasteiger partial charge on any atom is -0.379 e. The predicted molar refractivity (Wildman–Crippen MR) is 67.3 cm³/mol. The predicted octanol–water partition coefficient (Wildman–Crippen LogP) is 2.74. The summed E-state index contributed by atoms with van der Waals surface area (Å²) in [7, 11) is 0. The van der Waals surface area contributed by atoms with E-state index < -0.39 is 0 Å². The molecule has 0 aromatic heterocycles. The molecule has 1 aliphatic heterocycles. The van der Waals surface area contributed by atoms with Gasteiger partial charge in [0.2, 0.25) is 5.91 Å². The Morgan fingerprint density at radius 3 is 2.65 bits per heavy atom. The Labute approximate surface area is 110 Å². The molecule has 0 saturated carbocycles. The molecular weight excluding hydrogens is 261 g/mol. The number of hydrogen-bond donors (Lipinski definition) is 0. The van der Waals surface area contributed by atoms with Crippen molar-refractivity contribution in [3.8, 4) is 0 Å². The highest BCUT2D eigenvalue weighted by Crippen LogP contribution is 2.26. The number of halogens is 2. The molecule has 0 bridgehead atoms. The van der Waals surface area contributed by atoms with Gasteiger partial charge in [0, 0.05) is 28.7 Å². The zero-order chi connectivity index (χ0) is 12.3. The van der Waals surface area contributed by atoms with E-state index in [1.807, 2.05) is 0 Å². The number of benzene rings is 1. The van der Waals surface area contributed by atoms with E-state index in [-0.39, 0.29) is 5.91 Å². The lowest BCUT2D eigenvalue weighted by Gasteiger charge is -2.21. The maximum atomic E-state index is 11.8. The SMILES string of the molecule is O=C1CCOCCN1Cc1c(Cl)cccc1Cl. The van der Waals surface area contributed by atoms with Crippen LogP contribution in [0.3, 0.4) is 0 Å². The minimum absolute atomic E-state index is 0.0819. The molecule has 0 N–H and O–H groups in total. The number of carbonyl (C=O) groups excluding carboxylic acids is 1. The van der Waals surface area contributed by atoms with Crippen molar-refractivity contribution in [1.82, 2.24) is 4.90 Å². The Hall–Kier alpha value is -0.770. The van der Waals surface area contributed by atoms with Crippen LogP contribution in [0.4, 0.5) is 0 Å². The van der Waals surface area contributed by atoms with Gasteiger partial charge < -0.3 is 9.64 Å². The fraction of sp³-hybridized carbons (Fsp3) is 0.417. The van der Waals surface area contributed by atoms with E-state index in [0.29, 0.717) is 42.8 Å². The van der Waals surface area contributed by atoms with E-state index in [1.165, 1.54) is 0 Å². The molecule has 1 saturated heterocycles. The Kier molecular flexibility index (Phi) is 4.26. The van der Waals surface area contributed by atoms with Crippen LogP contribution >= 0.6 is 23.2 Å². The molecule has 1 aromatic carbocycles. The van der Waals surface area contributed by atoms with Crippen LogP contribution in [0.1, 0.15) is 12.0 Å². The van der Waals surface area contributed by atoms with Crippen molar-refractivity contribution in [2.24, 2.45) is 0 Å². The molecule has 0 radical (unpaired) electrons. The van der Waals surface area contributed by atoms with Crippen molar-refractivity contribution in [3.05, 3.63) is 33.8 Å². The van der Waals surface area contributed by atoms with E-state index in [9.17, 15) is 4.79 Å². The van der Waals surface area contributed by atoms with Crippen LogP contribution in [-0.2, 0) is 16.1 Å². The summed E-state index contributed by atoms with van der Waals surface area (Å²) < 4.78 is 5.26. The first kappa shape index (κ1) is 12.7. The second-order valence-electron chi connectivity index (χ2n) is 3.88. The highest BCUT2D eigenvalue weighted by molar-refractivity contribution is 6.36. The van der Waals surface area contributed by atoms with Gasteiger partial charge in [-0.1, -0.05) is 29.3 Å². The summed E-state index contributed by atoms with van der Waals surface area (Å²) in [5.41, 5.74) is 0.797. The van der Waals surface area contributed by atoms with Crippen molar-refractivity contribution in [1.29, 1.82) is 0 Å². The highest BCUT2D eigenvalue weighted by Gasteiger charge is 2.19. The van der Waals surface area contributed by atoms with Gasteiger partial charge in [0.15, 0.2) is 0 Å². The smallest absolute Gasteiger partial charge is 0.225 e. The van der Waals surface area contributed by atoms with Crippen LogP contribution < -0.4 is 0 Å². The van der Waals surface area contributed by atoms with E-state index >= 15 is 0 Å². The third-order valence-corrected chi connectivity index (χ3v) is 3.44. The summed E-state index contributed by atoms with van der Waals surface area (Å²) >= 11 is 12.2. The maximum absolute atomic E-state index is 11.8. The number of ether oxygens (including phenoxy) is 1. The molecule has 0 aliphatic carbocycles. The Morgan fingerprint density at radius 1 is 1.24 bits per heavy atom. The molecule has 1 amide bonds. The summed E-state index contributed by atoms with van der Waals surface area (Å²) in [6.45, 7) is 2.08. The largest absolute Gasteiger partial charge is 0.379 e. The quantitative estimate of drug-likeness (QED) is 0.829. The molecule has 1 fully saturated rings. The lowest BCUT2D eigenvalue weighted by molar-refractivity contribution is -0.130. The first-order chi connectivity index (χ1) is 8.18. The second kappa shape index (κ2) is 5.71. The Morgan fingerprint density at radius 2 is 1.94 bits per heavy atom. The van der Waals surface area contributed by atoms with Gasteiger partial charge in [-0.3, -0.25) is 4.79 Å². The number of rotatable bonds is 2. The van der Waals surface area contributed by atoms with Crippen LogP contribution in [0.25, 0.3) is 0 Å². The van der Waals surface area contributed by atoms with Gasteiger partial charge in [-0.2, -0.15) is 0 Å². The lowest BCUT2D eigenvalue weighted by Crippen LogP contribution is -2.31. The van der Waals surface area contributed by atoms with Crippen molar-refractivity contribution in [3.63, 3.8) is 0 Å². The van der Waals surface area contributed by atoms with Crippen molar-refractivity contribution >= 4 is 29.1 Å². The minimum atomic E-state index is 0.0819. The number of carbonyl (C=O) groups is 1. The molecule has 2 rings (SSSR count). The number of nitrogens with zero attached hydrogens (tertiary/aromatic N) is 1. The first-order valence-corrected chi connectivity index (χ1v) is 6.22. The first-order valence-electron chi connectivity index (χ1n) is 5.47.